The number of carbonyl (C=O) groups is 1. The van der Waals surface area contributed by atoms with E-state index in [4.69, 9.17) is 0 Å². The van der Waals surface area contributed by atoms with Crippen LogP contribution >= 0.6 is 0 Å². The second-order valence-electron chi connectivity index (χ2n) is 9.05. The number of nitro benzene ring substituents is 1. The lowest BCUT2D eigenvalue weighted by Crippen LogP contribution is -2.31. The van der Waals surface area contributed by atoms with Crippen LogP contribution in [0.3, 0.4) is 0 Å². The highest BCUT2D eigenvalue weighted by Crippen LogP contribution is 2.17. The lowest BCUT2D eigenvalue weighted by molar-refractivity contribution is -0.384. The molecule has 1 aromatic carbocycles. The Morgan fingerprint density at radius 3 is 2.53 bits per heavy atom. The summed E-state index contributed by atoms with van der Waals surface area (Å²) in [7, 11) is 0. The Hall–Kier alpha value is -3.96. The molecule has 3 aromatic rings. The van der Waals surface area contributed by atoms with E-state index in [1.54, 1.807) is 12.1 Å². The number of unbranched alkanes of at least 4 members (excludes halogenated alkanes) is 1. The molecule has 0 fully saturated rings. The highest BCUT2D eigenvalue weighted by atomic mass is 16.6. The van der Waals surface area contributed by atoms with Gasteiger partial charge in [0.2, 0.25) is 5.91 Å². The van der Waals surface area contributed by atoms with Gasteiger partial charge in [-0.1, -0.05) is 27.2 Å². The largest absolute Gasteiger partial charge is 0.383 e. The van der Waals surface area contributed by atoms with Crippen LogP contribution in [0.2, 0.25) is 0 Å². The molecule has 0 bridgehead atoms. The second kappa shape index (κ2) is 12.1. The molecule has 2 heterocycles. The third-order valence-corrected chi connectivity index (χ3v) is 5.68. The number of amides is 1. The summed E-state index contributed by atoms with van der Waals surface area (Å²) in [6, 6.07) is 6.05. The number of carbonyl (C=O) groups excluding carboxylic acids is 1. The van der Waals surface area contributed by atoms with Gasteiger partial charge in [-0.2, -0.15) is 0 Å². The van der Waals surface area contributed by atoms with Crippen molar-refractivity contribution in [2.75, 3.05) is 18.4 Å². The van der Waals surface area contributed by atoms with Gasteiger partial charge >= 0.3 is 5.69 Å². The van der Waals surface area contributed by atoms with Crippen LogP contribution in [0.5, 0.6) is 0 Å². The SMILES string of the molecule is CCCCn1c(=O)[nH]c(=O)c2c1nc(CCC(=O)NCCNc1ccc([N+](=O)[O-])cc1)n2CC(C)C. The molecule has 0 spiro atoms. The number of imidazole rings is 1. The van der Waals surface area contributed by atoms with Gasteiger partial charge in [-0.25, -0.2) is 9.78 Å². The van der Waals surface area contributed by atoms with Crippen LogP contribution in [0.4, 0.5) is 11.4 Å². The lowest BCUT2D eigenvalue weighted by Gasteiger charge is -2.12. The molecule has 3 N–H and O–H groups in total. The van der Waals surface area contributed by atoms with Crippen LogP contribution in [0.1, 0.15) is 45.9 Å². The van der Waals surface area contributed by atoms with Gasteiger partial charge in [0.05, 0.1) is 4.92 Å². The van der Waals surface area contributed by atoms with Crippen molar-refractivity contribution >= 4 is 28.4 Å². The van der Waals surface area contributed by atoms with Gasteiger partial charge in [0.15, 0.2) is 11.2 Å². The van der Waals surface area contributed by atoms with Gasteiger partial charge in [-0.3, -0.25) is 29.3 Å². The second-order valence-corrected chi connectivity index (χ2v) is 9.05. The number of rotatable bonds is 13. The molecule has 0 saturated heterocycles. The summed E-state index contributed by atoms with van der Waals surface area (Å²) in [4.78, 5) is 54.9. The molecule has 36 heavy (non-hydrogen) atoms. The third-order valence-electron chi connectivity index (χ3n) is 5.68. The normalized spacial score (nSPS) is 11.2. The summed E-state index contributed by atoms with van der Waals surface area (Å²) in [6.45, 7) is 7.91. The van der Waals surface area contributed by atoms with Gasteiger partial charge in [0.1, 0.15) is 5.82 Å². The Balaban J connectivity index is 1.65. The Morgan fingerprint density at radius 2 is 1.89 bits per heavy atom. The van der Waals surface area contributed by atoms with Crippen molar-refractivity contribution in [3.8, 4) is 0 Å². The Kier molecular flexibility index (Phi) is 8.98. The maximum absolute atomic E-state index is 12.7. The predicted molar refractivity (Wildman–Crippen MR) is 137 cm³/mol. The van der Waals surface area contributed by atoms with Gasteiger partial charge in [0.25, 0.3) is 11.2 Å². The van der Waals surface area contributed by atoms with Crippen molar-refractivity contribution in [2.24, 2.45) is 5.92 Å². The zero-order valence-corrected chi connectivity index (χ0v) is 20.9. The van der Waals surface area contributed by atoms with Crippen LogP contribution < -0.4 is 21.9 Å². The summed E-state index contributed by atoms with van der Waals surface area (Å²) in [5, 5.41) is 16.7. The van der Waals surface area contributed by atoms with E-state index in [9.17, 15) is 24.5 Å². The number of hydrogen-bond acceptors (Lipinski definition) is 7. The third kappa shape index (κ3) is 6.58. The van der Waals surface area contributed by atoms with Crippen LogP contribution in [0.25, 0.3) is 11.2 Å². The number of benzene rings is 1. The van der Waals surface area contributed by atoms with Gasteiger partial charge in [-0.15, -0.1) is 0 Å². The predicted octanol–water partition coefficient (Wildman–Crippen LogP) is 2.41. The fourth-order valence-electron chi connectivity index (χ4n) is 3.92. The molecule has 3 rings (SSSR count). The van der Waals surface area contributed by atoms with Crippen molar-refractivity contribution in [2.45, 2.75) is 59.5 Å². The Labute approximate surface area is 207 Å². The molecule has 0 atom stereocenters. The molecule has 0 saturated carbocycles. The molecule has 0 aliphatic rings. The lowest BCUT2D eigenvalue weighted by atomic mass is 10.2. The zero-order chi connectivity index (χ0) is 26.2. The van der Waals surface area contributed by atoms with Gasteiger partial charge in [0, 0.05) is 56.8 Å². The quantitative estimate of drug-likeness (QED) is 0.185. The monoisotopic (exact) mass is 499 g/mol. The van der Waals surface area contributed by atoms with E-state index >= 15 is 0 Å². The summed E-state index contributed by atoms with van der Waals surface area (Å²) < 4.78 is 3.33. The molecule has 1 amide bonds. The first-order chi connectivity index (χ1) is 17.2. The molecule has 12 nitrogen and oxygen atoms in total. The highest BCUT2D eigenvalue weighted by Gasteiger charge is 2.19. The van der Waals surface area contributed by atoms with E-state index in [1.165, 1.54) is 16.7 Å². The summed E-state index contributed by atoms with van der Waals surface area (Å²) in [5.41, 5.74) is 0.518. The van der Waals surface area contributed by atoms with Crippen LogP contribution in [0.15, 0.2) is 33.9 Å². The minimum absolute atomic E-state index is 0.0155. The number of H-pyrrole nitrogens is 1. The number of hydrogen-bond donors (Lipinski definition) is 3. The Bertz CT molecular complexity index is 1320. The molecule has 12 heteroatoms. The van der Waals surface area contributed by atoms with E-state index < -0.39 is 16.2 Å². The summed E-state index contributed by atoms with van der Waals surface area (Å²) in [5.74, 6) is 0.663. The number of nitrogens with one attached hydrogen (secondary N) is 3. The molecule has 0 aliphatic heterocycles. The van der Waals surface area contributed by atoms with Crippen molar-refractivity contribution in [3.63, 3.8) is 0 Å². The van der Waals surface area contributed by atoms with Gasteiger partial charge in [-0.05, 0) is 24.5 Å². The number of anilines is 1. The minimum atomic E-state index is -0.472. The minimum Gasteiger partial charge on any atom is -0.383 e. The molecule has 0 aliphatic carbocycles. The highest BCUT2D eigenvalue weighted by molar-refractivity contribution is 5.76. The summed E-state index contributed by atoms with van der Waals surface area (Å²) in [6.07, 6.45) is 2.18. The first-order valence-corrected chi connectivity index (χ1v) is 12.2. The van der Waals surface area contributed by atoms with Gasteiger partial charge < -0.3 is 15.2 Å². The van der Waals surface area contributed by atoms with Crippen molar-refractivity contribution < 1.29 is 9.72 Å². The number of nitro groups is 1. The number of fused-ring (bicyclic) bond motifs is 1. The first-order valence-electron chi connectivity index (χ1n) is 12.2. The molecule has 0 radical (unpaired) electrons. The first kappa shape index (κ1) is 26.6. The van der Waals surface area contributed by atoms with E-state index in [0.29, 0.717) is 49.6 Å². The maximum atomic E-state index is 12.7. The molecule has 2 aromatic heterocycles. The van der Waals surface area contributed by atoms with Crippen LogP contribution in [-0.4, -0.2) is 43.0 Å². The topological polar surface area (TPSA) is 157 Å². The van der Waals surface area contributed by atoms with E-state index in [-0.39, 0.29) is 23.9 Å². The number of non-ortho nitro benzene ring substituents is 1. The Morgan fingerprint density at radius 1 is 1.17 bits per heavy atom. The standard InChI is InChI=1S/C24H33N7O5/c1-4-5-14-29-22-21(23(33)28-24(29)34)30(15-16(2)3)19(27-22)10-11-20(32)26-13-12-25-17-6-8-18(9-7-17)31(35)36/h6-9,16,25H,4-5,10-15H2,1-3H3,(H,26,32)(H,28,33,34). The maximum Gasteiger partial charge on any atom is 0.330 e. The molecule has 194 valence electrons. The van der Waals surface area contributed by atoms with Crippen LogP contribution in [-0.2, 0) is 24.3 Å². The number of aromatic nitrogens is 4. The van der Waals surface area contributed by atoms with E-state index in [0.717, 1.165) is 18.5 Å². The fourth-order valence-corrected chi connectivity index (χ4v) is 3.92. The fraction of sp³-hybridized carbons (Fsp3) is 0.500. The number of nitrogens with zero attached hydrogens (tertiary/aromatic N) is 4. The molecular weight excluding hydrogens is 466 g/mol. The number of aryl methyl sites for hydroxylation is 2. The molecule has 0 unspecified atom stereocenters. The smallest absolute Gasteiger partial charge is 0.330 e. The average Bonchev–Trinajstić information content (AvgIpc) is 3.18. The van der Waals surface area contributed by atoms with Crippen molar-refractivity contribution in [3.05, 3.63) is 61.0 Å². The number of aromatic amines is 1. The summed E-state index contributed by atoms with van der Waals surface area (Å²) >= 11 is 0. The van der Waals surface area contributed by atoms with Crippen molar-refractivity contribution in [1.82, 2.24) is 24.4 Å². The van der Waals surface area contributed by atoms with E-state index in [2.05, 4.69) is 20.6 Å². The van der Waals surface area contributed by atoms with E-state index in [1.807, 2.05) is 25.3 Å². The van der Waals surface area contributed by atoms with Crippen molar-refractivity contribution in [1.29, 1.82) is 0 Å². The molecular formula is C24H33N7O5. The average molecular weight is 500 g/mol. The zero-order valence-electron chi connectivity index (χ0n) is 20.9. The van der Waals surface area contributed by atoms with Crippen LogP contribution in [0, 0.1) is 16.0 Å².